The van der Waals surface area contributed by atoms with Crippen LogP contribution < -0.4 is 0 Å². The summed E-state index contributed by atoms with van der Waals surface area (Å²) >= 11 is 6.80. The third-order valence-electron chi connectivity index (χ3n) is 4.24. The van der Waals surface area contributed by atoms with E-state index in [1.807, 2.05) is 18.2 Å². The van der Waals surface area contributed by atoms with E-state index in [0.29, 0.717) is 21.7 Å². The highest BCUT2D eigenvalue weighted by Crippen LogP contribution is 2.33. The van der Waals surface area contributed by atoms with Gasteiger partial charge in [-0.2, -0.15) is 0 Å². The molecule has 0 radical (unpaired) electrons. The van der Waals surface area contributed by atoms with E-state index < -0.39 is 0 Å². The Morgan fingerprint density at radius 3 is 2.32 bits per heavy atom. The lowest BCUT2D eigenvalue weighted by Gasteiger charge is -2.14. The van der Waals surface area contributed by atoms with Crippen LogP contribution in [0, 0.1) is 6.92 Å². The predicted octanol–water partition coefficient (Wildman–Crippen LogP) is 5.52. The average molecular weight is 368 g/mol. The second-order valence-electron chi connectivity index (χ2n) is 6.57. The molecule has 0 N–H and O–H groups in total. The molecule has 2 aromatic rings. The number of thioether (sulfide) groups is 1. The average Bonchev–Trinajstić information content (AvgIpc) is 2.85. The first-order valence-electron chi connectivity index (χ1n) is 8.35. The summed E-state index contributed by atoms with van der Waals surface area (Å²) in [5.41, 5.74) is 4.62. The van der Waals surface area contributed by atoms with Crippen LogP contribution in [0.1, 0.15) is 42.0 Å². The molecule has 1 aliphatic heterocycles. The highest BCUT2D eigenvalue weighted by atomic mass is 32.2. The number of thiocarbonyl (C=S) groups is 1. The summed E-state index contributed by atoms with van der Waals surface area (Å²) in [5.74, 6) is 0.491. The van der Waals surface area contributed by atoms with E-state index in [1.54, 1.807) is 4.90 Å². The van der Waals surface area contributed by atoms with Crippen LogP contribution in [0.4, 0.5) is 0 Å². The van der Waals surface area contributed by atoms with Crippen molar-refractivity contribution in [2.24, 2.45) is 0 Å². The minimum atomic E-state index is -0.0106. The van der Waals surface area contributed by atoms with Gasteiger partial charge in [0.25, 0.3) is 5.91 Å². The molecule has 128 valence electrons. The molecule has 1 heterocycles. The SMILES string of the molecule is Cc1ccc(CN2C(=O)/C(=C/c3ccc(C(C)C)cc3)SC2=S)cc1. The topological polar surface area (TPSA) is 20.3 Å². The zero-order valence-corrected chi connectivity index (χ0v) is 16.3. The van der Waals surface area contributed by atoms with Crippen LogP contribution in [0.15, 0.2) is 53.4 Å². The third kappa shape index (κ3) is 4.20. The molecule has 0 spiro atoms. The zero-order valence-electron chi connectivity index (χ0n) is 14.7. The number of aryl methyl sites for hydroxylation is 1. The molecule has 3 rings (SSSR count). The van der Waals surface area contributed by atoms with E-state index in [9.17, 15) is 4.79 Å². The molecule has 4 heteroatoms. The molecule has 1 amide bonds. The first-order chi connectivity index (χ1) is 11.9. The van der Waals surface area contributed by atoms with Gasteiger partial charge >= 0.3 is 0 Å². The maximum absolute atomic E-state index is 12.7. The Balaban J connectivity index is 1.77. The van der Waals surface area contributed by atoms with Crippen molar-refractivity contribution >= 4 is 40.3 Å². The Hall–Kier alpha value is -1.91. The summed E-state index contributed by atoms with van der Waals surface area (Å²) in [6.45, 7) is 6.92. The molecule has 0 aliphatic carbocycles. The fraction of sp³-hybridized carbons (Fsp3) is 0.238. The number of rotatable bonds is 4. The molecule has 0 saturated carbocycles. The van der Waals surface area contributed by atoms with Crippen LogP contribution in [0.25, 0.3) is 6.08 Å². The number of hydrogen-bond acceptors (Lipinski definition) is 3. The van der Waals surface area contributed by atoms with E-state index in [0.717, 1.165) is 11.1 Å². The Bertz CT molecular complexity index is 820. The number of carbonyl (C=O) groups is 1. The van der Waals surface area contributed by atoms with Crippen molar-refractivity contribution in [1.82, 2.24) is 4.90 Å². The first kappa shape index (κ1) is 17.9. The second kappa shape index (κ2) is 7.54. The van der Waals surface area contributed by atoms with E-state index in [1.165, 1.54) is 22.9 Å². The van der Waals surface area contributed by atoms with Crippen LogP contribution in [0.2, 0.25) is 0 Å². The quantitative estimate of drug-likeness (QED) is 0.524. The zero-order chi connectivity index (χ0) is 18.0. The summed E-state index contributed by atoms with van der Waals surface area (Å²) < 4.78 is 0.621. The molecule has 25 heavy (non-hydrogen) atoms. The Morgan fingerprint density at radius 1 is 1.08 bits per heavy atom. The normalized spacial score (nSPS) is 16.3. The molecule has 0 atom stereocenters. The standard InChI is InChI=1S/C21H21NOS2/c1-14(2)18-10-8-16(9-11-18)12-19-20(23)22(21(24)25-19)13-17-6-4-15(3)5-7-17/h4-12,14H,13H2,1-3H3/b19-12-. The molecule has 0 aromatic heterocycles. The maximum Gasteiger partial charge on any atom is 0.266 e. The van der Waals surface area contributed by atoms with E-state index >= 15 is 0 Å². The van der Waals surface area contributed by atoms with Crippen molar-refractivity contribution in [3.63, 3.8) is 0 Å². The molecular formula is C21H21NOS2. The van der Waals surface area contributed by atoms with Crippen LogP contribution in [0.5, 0.6) is 0 Å². The van der Waals surface area contributed by atoms with Crippen molar-refractivity contribution < 1.29 is 4.79 Å². The third-order valence-corrected chi connectivity index (χ3v) is 5.61. The minimum absolute atomic E-state index is 0.0106. The summed E-state index contributed by atoms with van der Waals surface area (Å²) in [6, 6.07) is 16.5. The molecule has 1 saturated heterocycles. The van der Waals surface area contributed by atoms with Gasteiger partial charge in [-0.3, -0.25) is 9.69 Å². The minimum Gasteiger partial charge on any atom is -0.288 e. The Labute approximate surface area is 158 Å². The van der Waals surface area contributed by atoms with Crippen LogP contribution in [-0.2, 0) is 11.3 Å². The van der Waals surface area contributed by atoms with Crippen LogP contribution in [0.3, 0.4) is 0 Å². The lowest BCUT2D eigenvalue weighted by Crippen LogP contribution is -2.27. The monoisotopic (exact) mass is 367 g/mol. The summed E-state index contributed by atoms with van der Waals surface area (Å²) in [5, 5.41) is 0. The van der Waals surface area contributed by atoms with Gasteiger partial charge in [-0.25, -0.2) is 0 Å². The smallest absolute Gasteiger partial charge is 0.266 e. The van der Waals surface area contributed by atoms with Crippen LogP contribution >= 0.6 is 24.0 Å². The molecule has 1 aliphatic rings. The van der Waals surface area contributed by atoms with E-state index in [-0.39, 0.29) is 5.91 Å². The second-order valence-corrected chi connectivity index (χ2v) is 8.25. The molecule has 2 aromatic carbocycles. The molecule has 1 fully saturated rings. The number of nitrogens with zero attached hydrogens (tertiary/aromatic N) is 1. The summed E-state index contributed by atoms with van der Waals surface area (Å²) in [4.78, 5) is 15.1. The van der Waals surface area contributed by atoms with Gasteiger partial charge in [-0.05, 0) is 35.6 Å². The van der Waals surface area contributed by atoms with Gasteiger partial charge in [0.15, 0.2) is 0 Å². The Kier molecular flexibility index (Phi) is 5.40. The van der Waals surface area contributed by atoms with Crippen molar-refractivity contribution in [3.8, 4) is 0 Å². The first-order valence-corrected chi connectivity index (χ1v) is 9.57. The fourth-order valence-electron chi connectivity index (χ4n) is 2.64. The predicted molar refractivity (Wildman–Crippen MR) is 110 cm³/mol. The fourth-order valence-corrected chi connectivity index (χ4v) is 3.90. The van der Waals surface area contributed by atoms with E-state index in [2.05, 4.69) is 57.2 Å². The van der Waals surface area contributed by atoms with E-state index in [4.69, 9.17) is 12.2 Å². The lowest BCUT2D eigenvalue weighted by molar-refractivity contribution is -0.122. The highest BCUT2D eigenvalue weighted by molar-refractivity contribution is 8.26. The van der Waals surface area contributed by atoms with Crippen molar-refractivity contribution in [1.29, 1.82) is 0 Å². The number of benzene rings is 2. The van der Waals surface area contributed by atoms with Crippen LogP contribution in [-0.4, -0.2) is 15.1 Å². The molecule has 2 nitrogen and oxygen atoms in total. The van der Waals surface area contributed by atoms with Crippen molar-refractivity contribution in [2.75, 3.05) is 0 Å². The summed E-state index contributed by atoms with van der Waals surface area (Å²) in [6.07, 6.45) is 1.93. The molecule has 0 bridgehead atoms. The lowest BCUT2D eigenvalue weighted by atomic mass is 10.0. The van der Waals surface area contributed by atoms with Gasteiger partial charge in [0.2, 0.25) is 0 Å². The molecular weight excluding hydrogens is 346 g/mol. The van der Waals surface area contributed by atoms with Gasteiger partial charge in [-0.15, -0.1) is 0 Å². The van der Waals surface area contributed by atoms with Crippen molar-refractivity contribution in [2.45, 2.75) is 33.2 Å². The number of amides is 1. The summed E-state index contributed by atoms with van der Waals surface area (Å²) in [7, 11) is 0. The number of carbonyl (C=O) groups excluding carboxylic acids is 1. The van der Waals surface area contributed by atoms with Gasteiger partial charge in [-0.1, -0.05) is 91.9 Å². The van der Waals surface area contributed by atoms with Crippen molar-refractivity contribution in [3.05, 3.63) is 75.7 Å². The number of hydrogen-bond donors (Lipinski definition) is 0. The molecule has 0 unspecified atom stereocenters. The highest BCUT2D eigenvalue weighted by Gasteiger charge is 2.31. The maximum atomic E-state index is 12.7. The van der Waals surface area contributed by atoms with Gasteiger partial charge in [0, 0.05) is 0 Å². The Morgan fingerprint density at radius 2 is 1.72 bits per heavy atom. The van der Waals surface area contributed by atoms with Gasteiger partial charge in [0.1, 0.15) is 4.32 Å². The van der Waals surface area contributed by atoms with Gasteiger partial charge in [0.05, 0.1) is 11.4 Å². The van der Waals surface area contributed by atoms with Gasteiger partial charge < -0.3 is 0 Å². The largest absolute Gasteiger partial charge is 0.288 e.